The molecule has 0 fully saturated rings. The number of H-pyrrole nitrogens is 1. The molecule has 0 aliphatic heterocycles. The van der Waals surface area contributed by atoms with Crippen LogP contribution in [0.15, 0.2) is 91.0 Å². The largest absolute Gasteiger partial charge is 0.399 e. The van der Waals surface area contributed by atoms with Crippen molar-refractivity contribution in [3.05, 3.63) is 108 Å². The summed E-state index contributed by atoms with van der Waals surface area (Å²) in [5.74, 6) is 0.457. The number of anilines is 1. The molecule has 4 aromatic carbocycles. The Hall–Kier alpha value is -3.96. The molecule has 1 aromatic heterocycles. The van der Waals surface area contributed by atoms with Gasteiger partial charge in [-0.2, -0.15) is 0 Å². The predicted octanol–water partition coefficient (Wildman–Crippen LogP) is 5.91. The van der Waals surface area contributed by atoms with Crippen molar-refractivity contribution in [2.24, 2.45) is 0 Å². The lowest BCUT2D eigenvalue weighted by Gasteiger charge is -2.08. The van der Waals surface area contributed by atoms with E-state index in [1.807, 2.05) is 30.3 Å². The fourth-order valence-electron chi connectivity index (χ4n) is 3.83. The zero-order valence-electron chi connectivity index (χ0n) is 17.5. The first-order chi connectivity index (χ1) is 15.6. The number of nitrogen functional groups attached to an aromatic ring is 1. The van der Waals surface area contributed by atoms with E-state index in [0.717, 1.165) is 46.8 Å². The number of rotatable bonds is 6. The van der Waals surface area contributed by atoms with Crippen molar-refractivity contribution in [1.29, 1.82) is 0 Å². The smallest absolute Gasteiger partial charge is 0.138 e. The molecule has 0 atom stereocenters. The van der Waals surface area contributed by atoms with Gasteiger partial charge in [-0.25, -0.2) is 9.37 Å². The van der Waals surface area contributed by atoms with Crippen LogP contribution in [-0.4, -0.2) is 9.97 Å². The highest BCUT2D eigenvalue weighted by atomic mass is 19.1. The number of nitrogens with zero attached hydrogens (tertiary/aromatic N) is 1. The van der Waals surface area contributed by atoms with E-state index >= 15 is 0 Å². The monoisotopic (exact) mass is 422 g/mol. The van der Waals surface area contributed by atoms with E-state index in [2.05, 4.69) is 57.7 Å². The highest BCUT2D eigenvalue weighted by molar-refractivity contribution is 5.80. The van der Waals surface area contributed by atoms with Gasteiger partial charge in [0, 0.05) is 24.3 Å². The minimum absolute atomic E-state index is 0.274. The number of halogens is 1. The Morgan fingerprint density at radius 2 is 1.53 bits per heavy atom. The van der Waals surface area contributed by atoms with Gasteiger partial charge in [-0.3, -0.25) is 0 Å². The third-order valence-electron chi connectivity index (χ3n) is 5.48. The molecular weight excluding hydrogens is 399 g/mol. The summed E-state index contributed by atoms with van der Waals surface area (Å²) >= 11 is 0. The molecule has 0 spiro atoms. The Bertz CT molecular complexity index is 1370. The van der Waals surface area contributed by atoms with E-state index in [1.54, 1.807) is 6.07 Å². The van der Waals surface area contributed by atoms with Gasteiger partial charge in [0.1, 0.15) is 11.6 Å². The van der Waals surface area contributed by atoms with E-state index in [-0.39, 0.29) is 5.82 Å². The number of nitrogens with one attached hydrogen (secondary N) is 2. The quantitative estimate of drug-likeness (QED) is 0.298. The number of fused-ring (bicyclic) bond motifs is 1. The van der Waals surface area contributed by atoms with Crippen LogP contribution < -0.4 is 11.1 Å². The van der Waals surface area contributed by atoms with Gasteiger partial charge in [0.15, 0.2) is 0 Å². The second-order valence-corrected chi connectivity index (χ2v) is 7.87. The average molecular weight is 423 g/mol. The Morgan fingerprint density at radius 3 is 2.38 bits per heavy atom. The molecule has 4 nitrogen and oxygen atoms in total. The van der Waals surface area contributed by atoms with Crippen molar-refractivity contribution in [3.63, 3.8) is 0 Å². The number of benzene rings is 4. The lowest BCUT2D eigenvalue weighted by Crippen LogP contribution is -2.12. The van der Waals surface area contributed by atoms with E-state index in [4.69, 9.17) is 5.73 Å². The fraction of sp³-hybridized carbons (Fsp3) is 0.0741. The van der Waals surface area contributed by atoms with Gasteiger partial charge in [0.2, 0.25) is 0 Å². The summed E-state index contributed by atoms with van der Waals surface area (Å²) in [4.78, 5) is 7.81. The van der Waals surface area contributed by atoms with E-state index < -0.39 is 0 Å². The number of aromatic amines is 1. The highest BCUT2D eigenvalue weighted by Crippen LogP contribution is 2.27. The molecule has 0 bridgehead atoms. The zero-order valence-corrected chi connectivity index (χ0v) is 17.5. The van der Waals surface area contributed by atoms with Gasteiger partial charge >= 0.3 is 0 Å². The van der Waals surface area contributed by atoms with Crippen LogP contribution in [0.1, 0.15) is 11.1 Å². The summed E-state index contributed by atoms with van der Waals surface area (Å²) in [6, 6.07) is 29.2. The first kappa shape index (κ1) is 20.0. The van der Waals surface area contributed by atoms with Crippen LogP contribution in [0.4, 0.5) is 10.1 Å². The van der Waals surface area contributed by atoms with Crippen molar-refractivity contribution in [2.45, 2.75) is 13.1 Å². The maximum Gasteiger partial charge on any atom is 0.138 e. The Labute approximate surface area is 185 Å². The van der Waals surface area contributed by atoms with Gasteiger partial charge in [0.25, 0.3) is 0 Å². The van der Waals surface area contributed by atoms with Crippen molar-refractivity contribution in [1.82, 2.24) is 15.3 Å². The van der Waals surface area contributed by atoms with Crippen LogP contribution in [0.5, 0.6) is 0 Å². The fourth-order valence-corrected chi connectivity index (χ4v) is 3.83. The second kappa shape index (κ2) is 8.65. The van der Waals surface area contributed by atoms with Crippen molar-refractivity contribution >= 4 is 16.7 Å². The Balaban J connectivity index is 1.29. The van der Waals surface area contributed by atoms with Crippen LogP contribution in [-0.2, 0) is 13.1 Å². The molecule has 0 unspecified atom stereocenters. The Morgan fingerprint density at radius 1 is 0.750 bits per heavy atom. The van der Waals surface area contributed by atoms with Gasteiger partial charge in [0.05, 0.1) is 11.0 Å². The standard InChI is InChI=1S/C27H23FN4/c28-23-11-12-25-26(15-23)32-27(31-25)22-5-2-4-21(14-22)20-9-7-18(8-10-20)16-30-17-19-3-1-6-24(29)13-19/h1-15,30H,16-17,29H2,(H,31,32). The summed E-state index contributed by atoms with van der Waals surface area (Å²) in [6.45, 7) is 1.56. The molecule has 0 amide bonds. The van der Waals surface area contributed by atoms with Crippen molar-refractivity contribution in [2.75, 3.05) is 5.73 Å². The van der Waals surface area contributed by atoms with Gasteiger partial charge in [-0.1, -0.05) is 54.6 Å². The van der Waals surface area contributed by atoms with Gasteiger partial charge in [-0.15, -0.1) is 0 Å². The first-order valence-electron chi connectivity index (χ1n) is 10.5. The molecule has 5 aromatic rings. The third kappa shape index (κ3) is 4.38. The van der Waals surface area contributed by atoms with Crippen LogP contribution in [0.3, 0.4) is 0 Å². The molecule has 0 aliphatic carbocycles. The molecule has 0 saturated heterocycles. The maximum absolute atomic E-state index is 13.5. The summed E-state index contributed by atoms with van der Waals surface area (Å²) in [7, 11) is 0. The first-order valence-corrected chi connectivity index (χ1v) is 10.5. The lowest BCUT2D eigenvalue weighted by atomic mass is 10.0. The SMILES string of the molecule is Nc1cccc(CNCc2ccc(-c3cccc(-c4nc5ccc(F)cc5[nH]4)c3)cc2)c1. The number of nitrogens with two attached hydrogens (primary N) is 1. The topological polar surface area (TPSA) is 66.7 Å². The van der Waals surface area contributed by atoms with E-state index in [9.17, 15) is 4.39 Å². The molecule has 0 aliphatic rings. The van der Waals surface area contributed by atoms with Crippen LogP contribution in [0.25, 0.3) is 33.5 Å². The zero-order chi connectivity index (χ0) is 21.9. The minimum Gasteiger partial charge on any atom is -0.399 e. The molecule has 32 heavy (non-hydrogen) atoms. The molecule has 1 heterocycles. The summed E-state index contributed by atoms with van der Waals surface area (Å²) < 4.78 is 13.5. The molecule has 4 N–H and O–H groups in total. The number of imidazole rings is 1. The minimum atomic E-state index is -0.274. The molecular formula is C27H23FN4. The highest BCUT2D eigenvalue weighted by Gasteiger charge is 2.08. The molecule has 5 heteroatoms. The molecule has 0 radical (unpaired) electrons. The Kier molecular flexibility index (Phi) is 5.40. The molecule has 158 valence electrons. The van der Waals surface area contributed by atoms with Crippen molar-refractivity contribution in [3.8, 4) is 22.5 Å². The summed E-state index contributed by atoms with van der Waals surface area (Å²) in [5, 5.41) is 3.46. The number of hydrogen-bond acceptors (Lipinski definition) is 3. The van der Waals surface area contributed by atoms with Gasteiger partial charge in [-0.05, 0) is 58.7 Å². The second-order valence-electron chi connectivity index (χ2n) is 7.87. The predicted molar refractivity (Wildman–Crippen MR) is 128 cm³/mol. The maximum atomic E-state index is 13.5. The third-order valence-corrected chi connectivity index (χ3v) is 5.48. The molecule has 0 saturated carbocycles. The van der Waals surface area contributed by atoms with Crippen molar-refractivity contribution < 1.29 is 4.39 Å². The number of aromatic nitrogens is 2. The van der Waals surface area contributed by atoms with Crippen LogP contribution in [0, 0.1) is 5.82 Å². The van der Waals surface area contributed by atoms with E-state index in [0.29, 0.717) is 5.52 Å². The lowest BCUT2D eigenvalue weighted by molar-refractivity contribution is 0.629. The van der Waals surface area contributed by atoms with Gasteiger partial charge < -0.3 is 16.0 Å². The van der Waals surface area contributed by atoms with Crippen LogP contribution in [0.2, 0.25) is 0 Å². The van der Waals surface area contributed by atoms with Crippen LogP contribution >= 0.6 is 0 Å². The molecule has 5 rings (SSSR count). The van der Waals surface area contributed by atoms with E-state index in [1.165, 1.54) is 23.3 Å². The average Bonchev–Trinajstić information content (AvgIpc) is 3.23. The summed E-state index contributed by atoms with van der Waals surface area (Å²) in [5.41, 5.74) is 13.7. The summed E-state index contributed by atoms with van der Waals surface area (Å²) in [6.07, 6.45) is 0. The number of hydrogen-bond donors (Lipinski definition) is 3. The normalized spacial score (nSPS) is 11.2.